The molecule has 0 atom stereocenters. The summed E-state index contributed by atoms with van der Waals surface area (Å²) in [6, 6.07) is 20.5. The van der Waals surface area contributed by atoms with Crippen molar-refractivity contribution < 1.29 is 14.3 Å². The summed E-state index contributed by atoms with van der Waals surface area (Å²) >= 11 is 7.36. The Hall–Kier alpha value is -2.50. The molecule has 9 heteroatoms. The normalized spacial score (nSPS) is 17.5. The predicted octanol–water partition coefficient (Wildman–Crippen LogP) is 8.65. The first kappa shape index (κ1) is 30.0. The minimum absolute atomic E-state index is 0.0469. The first-order valence-corrected chi connectivity index (χ1v) is 16.6. The maximum absolute atomic E-state index is 13.3. The molecule has 0 unspecified atom stereocenters. The number of hydrogen-bond acceptors (Lipinski definition) is 6. The molecule has 2 heterocycles. The second kappa shape index (κ2) is 14.1. The second-order valence-electron chi connectivity index (χ2n) is 9.80. The molecule has 41 heavy (non-hydrogen) atoms. The standard InChI is InChI=1S/C32H33BrIN3O3S/c1-3-37-31(38)29(41-32(37)35-25-12-14-26(15-13-25)36-16-6-5-7-17-36)20-23-18-27(33)30(28(19-23)39-4-2)40-21-22-8-10-24(34)11-9-22/h8-15,18-20H,3-7,16-17,21H2,1-2H3/b29-20-,35-32?. The maximum Gasteiger partial charge on any atom is 0.266 e. The number of piperidine rings is 1. The van der Waals surface area contributed by atoms with Gasteiger partial charge in [0.1, 0.15) is 6.61 Å². The van der Waals surface area contributed by atoms with Gasteiger partial charge in [0.05, 0.1) is 21.7 Å². The molecule has 0 bridgehead atoms. The highest BCUT2D eigenvalue weighted by Gasteiger charge is 2.32. The first-order valence-electron chi connectivity index (χ1n) is 13.9. The molecule has 0 saturated carbocycles. The molecule has 0 radical (unpaired) electrons. The SMILES string of the molecule is CCOc1cc(/C=C2\SC(=Nc3ccc(N4CCCCC4)cc3)N(CC)C2=O)cc(Br)c1OCc1ccc(I)cc1. The van der Waals surface area contributed by atoms with Crippen molar-refractivity contribution in [1.82, 2.24) is 4.90 Å². The van der Waals surface area contributed by atoms with Crippen LogP contribution in [0.3, 0.4) is 0 Å². The molecule has 3 aromatic carbocycles. The number of nitrogens with zero attached hydrogens (tertiary/aromatic N) is 3. The van der Waals surface area contributed by atoms with Gasteiger partial charge in [0.25, 0.3) is 5.91 Å². The van der Waals surface area contributed by atoms with Crippen LogP contribution in [0.2, 0.25) is 0 Å². The van der Waals surface area contributed by atoms with Crippen LogP contribution >= 0.6 is 50.3 Å². The van der Waals surface area contributed by atoms with E-state index in [1.54, 1.807) is 4.90 Å². The average Bonchev–Trinajstić information content (AvgIpc) is 3.27. The molecule has 3 aromatic rings. The summed E-state index contributed by atoms with van der Waals surface area (Å²) in [6.07, 6.45) is 5.70. The lowest BCUT2D eigenvalue weighted by Gasteiger charge is -2.28. The van der Waals surface area contributed by atoms with E-state index in [1.165, 1.54) is 40.3 Å². The minimum atomic E-state index is -0.0469. The average molecular weight is 747 g/mol. The molecule has 0 aliphatic carbocycles. The Bertz CT molecular complexity index is 1440. The zero-order valence-electron chi connectivity index (χ0n) is 23.2. The van der Waals surface area contributed by atoms with Crippen molar-refractivity contribution in [3.8, 4) is 11.5 Å². The first-order chi connectivity index (χ1) is 19.9. The lowest BCUT2D eigenvalue weighted by atomic mass is 10.1. The van der Waals surface area contributed by atoms with Crippen LogP contribution in [0.5, 0.6) is 11.5 Å². The van der Waals surface area contributed by atoms with E-state index in [-0.39, 0.29) is 5.91 Å². The fourth-order valence-corrected chi connectivity index (χ4v) is 6.83. The van der Waals surface area contributed by atoms with Crippen molar-refractivity contribution in [3.63, 3.8) is 0 Å². The quantitative estimate of drug-likeness (QED) is 0.162. The highest BCUT2D eigenvalue weighted by molar-refractivity contribution is 14.1. The largest absolute Gasteiger partial charge is 0.490 e. The van der Waals surface area contributed by atoms with Gasteiger partial charge in [-0.05, 0) is 149 Å². The third-order valence-electron chi connectivity index (χ3n) is 6.93. The molecule has 0 N–H and O–H groups in total. The molecule has 2 aliphatic heterocycles. The highest BCUT2D eigenvalue weighted by atomic mass is 127. The monoisotopic (exact) mass is 745 g/mol. The summed E-state index contributed by atoms with van der Waals surface area (Å²) in [6.45, 7) is 7.60. The van der Waals surface area contributed by atoms with Crippen molar-refractivity contribution in [2.45, 2.75) is 39.7 Å². The van der Waals surface area contributed by atoms with Gasteiger partial charge in [-0.25, -0.2) is 4.99 Å². The van der Waals surface area contributed by atoms with E-state index in [0.29, 0.717) is 41.3 Å². The van der Waals surface area contributed by atoms with Gasteiger partial charge in [-0.2, -0.15) is 0 Å². The Labute approximate surface area is 268 Å². The molecule has 1 amide bonds. The number of carbonyl (C=O) groups excluding carboxylic acids is 1. The summed E-state index contributed by atoms with van der Waals surface area (Å²) in [7, 11) is 0. The van der Waals surface area contributed by atoms with Crippen LogP contribution < -0.4 is 14.4 Å². The molecule has 0 aromatic heterocycles. The van der Waals surface area contributed by atoms with Crippen molar-refractivity contribution in [2.75, 3.05) is 31.1 Å². The van der Waals surface area contributed by atoms with E-state index in [0.717, 1.165) is 34.4 Å². The highest BCUT2D eigenvalue weighted by Crippen LogP contribution is 2.40. The topological polar surface area (TPSA) is 54.4 Å². The molecule has 2 aliphatic rings. The van der Waals surface area contributed by atoms with E-state index in [9.17, 15) is 4.79 Å². The Morgan fingerprint density at radius 3 is 2.41 bits per heavy atom. The summed E-state index contributed by atoms with van der Waals surface area (Å²) in [5.74, 6) is 1.22. The summed E-state index contributed by atoms with van der Waals surface area (Å²) in [5, 5.41) is 0.691. The molecule has 2 fully saturated rings. The summed E-state index contributed by atoms with van der Waals surface area (Å²) in [4.78, 5) is 23.0. The number of amides is 1. The number of halogens is 2. The summed E-state index contributed by atoms with van der Waals surface area (Å²) < 4.78 is 14.0. The van der Waals surface area contributed by atoms with Crippen molar-refractivity contribution in [3.05, 3.63) is 84.7 Å². The van der Waals surface area contributed by atoms with Crippen molar-refractivity contribution in [1.29, 1.82) is 0 Å². The van der Waals surface area contributed by atoms with Crippen molar-refractivity contribution >= 4 is 78.8 Å². The summed E-state index contributed by atoms with van der Waals surface area (Å²) in [5.41, 5.74) is 4.00. The predicted molar refractivity (Wildman–Crippen MR) is 181 cm³/mol. The van der Waals surface area contributed by atoms with E-state index in [1.807, 2.05) is 44.2 Å². The molecule has 0 spiro atoms. The number of carbonyl (C=O) groups is 1. The van der Waals surface area contributed by atoms with E-state index in [2.05, 4.69) is 79.8 Å². The number of hydrogen-bond donors (Lipinski definition) is 0. The lowest BCUT2D eigenvalue weighted by Crippen LogP contribution is -2.29. The number of thioether (sulfide) groups is 1. The number of rotatable bonds is 9. The Morgan fingerprint density at radius 1 is 1.00 bits per heavy atom. The van der Waals surface area contributed by atoms with Gasteiger partial charge in [-0.15, -0.1) is 0 Å². The molecular formula is C32H33BrIN3O3S. The Morgan fingerprint density at radius 2 is 1.73 bits per heavy atom. The van der Waals surface area contributed by atoms with Crippen LogP contribution in [0.25, 0.3) is 6.08 Å². The van der Waals surface area contributed by atoms with Crippen molar-refractivity contribution in [2.24, 2.45) is 4.99 Å². The number of anilines is 1. The van der Waals surface area contributed by atoms with Crippen LogP contribution in [0.4, 0.5) is 11.4 Å². The van der Waals surface area contributed by atoms with E-state index >= 15 is 0 Å². The third kappa shape index (κ3) is 7.48. The molecule has 214 valence electrons. The van der Waals surface area contributed by atoms with Gasteiger partial charge >= 0.3 is 0 Å². The van der Waals surface area contributed by atoms with Crippen LogP contribution in [0, 0.1) is 3.57 Å². The van der Waals surface area contributed by atoms with Crippen LogP contribution in [-0.4, -0.2) is 42.2 Å². The fraction of sp³-hybridized carbons (Fsp3) is 0.312. The van der Waals surface area contributed by atoms with E-state index < -0.39 is 0 Å². The van der Waals surface area contributed by atoms with Gasteiger partial charge in [-0.1, -0.05) is 12.1 Å². The Kier molecular flexibility index (Phi) is 10.3. The van der Waals surface area contributed by atoms with Crippen LogP contribution in [-0.2, 0) is 11.4 Å². The number of aliphatic imine (C=N–C) groups is 1. The molecule has 6 nitrogen and oxygen atoms in total. The fourth-order valence-electron chi connectivity index (χ4n) is 4.83. The van der Waals surface area contributed by atoms with Gasteiger partial charge in [0.15, 0.2) is 16.7 Å². The van der Waals surface area contributed by atoms with Gasteiger partial charge in [-0.3, -0.25) is 9.69 Å². The number of amidine groups is 1. The zero-order chi connectivity index (χ0) is 28.8. The number of ether oxygens (including phenoxy) is 2. The van der Waals surface area contributed by atoms with Gasteiger partial charge in [0, 0.05) is 28.9 Å². The smallest absolute Gasteiger partial charge is 0.266 e. The van der Waals surface area contributed by atoms with Gasteiger partial charge in [0.2, 0.25) is 0 Å². The number of benzene rings is 3. The van der Waals surface area contributed by atoms with Gasteiger partial charge < -0.3 is 14.4 Å². The second-order valence-corrected chi connectivity index (χ2v) is 12.9. The molecule has 5 rings (SSSR count). The van der Waals surface area contributed by atoms with Crippen LogP contribution in [0.1, 0.15) is 44.2 Å². The minimum Gasteiger partial charge on any atom is -0.490 e. The van der Waals surface area contributed by atoms with Crippen LogP contribution in [0.15, 0.2) is 75.0 Å². The Balaban J connectivity index is 1.35. The lowest BCUT2D eigenvalue weighted by molar-refractivity contribution is -0.122. The maximum atomic E-state index is 13.3. The third-order valence-corrected chi connectivity index (χ3v) is 9.24. The molecular weight excluding hydrogens is 713 g/mol. The number of likely N-dealkylation sites (N-methyl/N-ethyl adjacent to an activating group) is 1. The zero-order valence-corrected chi connectivity index (χ0v) is 27.8. The molecule has 2 saturated heterocycles. The van der Waals surface area contributed by atoms with E-state index in [4.69, 9.17) is 14.5 Å².